The molecule has 0 saturated carbocycles. The van der Waals surface area contributed by atoms with E-state index in [1.54, 1.807) is 32.4 Å². The number of rotatable bonds is 9. The maximum Gasteiger partial charge on any atom is 0.170 e. The number of aromatic nitrogens is 2. The normalized spacial score (nSPS) is 18.0. The number of aryl methyl sites for hydroxylation is 2. The van der Waals surface area contributed by atoms with E-state index in [0.29, 0.717) is 40.4 Å². The number of likely N-dealkylation sites (tertiary alicyclic amines) is 1. The number of halogens is 1. The maximum absolute atomic E-state index is 15.1. The predicted molar refractivity (Wildman–Crippen MR) is 142 cm³/mol. The van der Waals surface area contributed by atoms with Crippen LogP contribution >= 0.6 is 0 Å². The van der Waals surface area contributed by atoms with E-state index < -0.39 is 5.83 Å². The number of nitrogens with one attached hydrogen (secondary N) is 1. The van der Waals surface area contributed by atoms with E-state index in [2.05, 4.69) is 14.9 Å². The van der Waals surface area contributed by atoms with Gasteiger partial charge in [-0.1, -0.05) is 0 Å². The topological polar surface area (TPSA) is 68.8 Å². The first kappa shape index (κ1) is 25.5. The quantitative estimate of drug-likeness (QED) is 0.290. The van der Waals surface area contributed by atoms with Crippen molar-refractivity contribution in [1.82, 2.24) is 14.9 Å². The van der Waals surface area contributed by atoms with Gasteiger partial charge < -0.3 is 28.8 Å². The third kappa shape index (κ3) is 5.45. The Hall–Kier alpha value is -3.10. The van der Waals surface area contributed by atoms with E-state index in [1.807, 2.05) is 26.0 Å². The maximum atomic E-state index is 15.1. The molecule has 198 valence electrons. The number of nitrogens with zero attached hydrogens (tertiary/aromatic N) is 2. The number of hydrogen-bond donors (Lipinski definition) is 1. The summed E-state index contributed by atoms with van der Waals surface area (Å²) >= 11 is 0. The SMILES string of the molecule is COc1cc2c(OC(C)=C(F)c3cc(C)[nH]c3C)ccnc2cc1OCCCN1CCC2(CC1)COC2. The fraction of sp³-hybridized carbons (Fsp3) is 0.483. The summed E-state index contributed by atoms with van der Waals surface area (Å²) in [5.74, 6) is 1.52. The van der Waals surface area contributed by atoms with Crippen molar-refractivity contribution in [2.75, 3.05) is 46.6 Å². The van der Waals surface area contributed by atoms with Gasteiger partial charge >= 0.3 is 0 Å². The second-order valence-electron chi connectivity index (χ2n) is 10.3. The lowest BCUT2D eigenvalue weighted by Crippen LogP contribution is -2.51. The third-order valence-electron chi connectivity index (χ3n) is 7.55. The van der Waals surface area contributed by atoms with Crippen LogP contribution in [0.25, 0.3) is 16.7 Å². The van der Waals surface area contributed by atoms with Crippen LogP contribution in [0.3, 0.4) is 0 Å². The minimum Gasteiger partial charge on any atom is -0.493 e. The molecule has 7 nitrogen and oxygen atoms in total. The van der Waals surface area contributed by atoms with Gasteiger partial charge in [0, 0.05) is 46.6 Å². The number of hydrogen-bond acceptors (Lipinski definition) is 6. The summed E-state index contributed by atoms with van der Waals surface area (Å²) < 4.78 is 38.3. The zero-order valence-electron chi connectivity index (χ0n) is 22.2. The van der Waals surface area contributed by atoms with E-state index in [1.165, 1.54) is 12.8 Å². The molecule has 0 unspecified atom stereocenters. The zero-order valence-corrected chi connectivity index (χ0v) is 22.2. The number of benzene rings is 1. The lowest BCUT2D eigenvalue weighted by Gasteiger charge is -2.47. The predicted octanol–water partition coefficient (Wildman–Crippen LogP) is 5.81. The summed E-state index contributed by atoms with van der Waals surface area (Å²) in [4.78, 5) is 10.1. The molecule has 0 atom stereocenters. The van der Waals surface area contributed by atoms with Crippen LogP contribution < -0.4 is 14.2 Å². The van der Waals surface area contributed by atoms with Gasteiger partial charge in [0.15, 0.2) is 17.3 Å². The number of pyridine rings is 1. The van der Waals surface area contributed by atoms with Crippen LogP contribution in [0.5, 0.6) is 17.2 Å². The Morgan fingerprint density at radius 2 is 1.92 bits per heavy atom. The third-order valence-corrected chi connectivity index (χ3v) is 7.55. The molecule has 1 N–H and O–H groups in total. The molecule has 5 rings (SSSR count). The summed E-state index contributed by atoms with van der Waals surface area (Å²) in [6, 6.07) is 7.21. The van der Waals surface area contributed by atoms with Crippen LogP contribution in [-0.2, 0) is 4.74 Å². The van der Waals surface area contributed by atoms with Crippen molar-refractivity contribution in [2.45, 2.75) is 40.0 Å². The van der Waals surface area contributed by atoms with Crippen molar-refractivity contribution in [2.24, 2.45) is 5.41 Å². The highest BCUT2D eigenvalue weighted by molar-refractivity contribution is 5.88. The van der Waals surface area contributed by atoms with Crippen molar-refractivity contribution in [3.63, 3.8) is 0 Å². The Morgan fingerprint density at radius 3 is 2.57 bits per heavy atom. The molecule has 1 aromatic carbocycles. The van der Waals surface area contributed by atoms with Crippen LogP contribution in [0.4, 0.5) is 4.39 Å². The lowest BCUT2D eigenvalue weighted by atomic mass is 9.77. The molecule has 2 fully saturated rings. The van der Waals surface area contributed by atoms with E-state index in [9.17, 15) is 0 Å². The van der Waals surface area contributed by atoms with E-state index in [0.717, 1.165) is 56.0 Å². The molecule has 2 aliphatic heterocycles. The zero-order chi connectivity index (χ0) is 26.0. The van der Waals surface area contributed by atoms with Crippen LogP contribution in [-0.4, -0.2) is 61.4 Å². The average molecular weight is 510 g/mol. The summed E-state index contributed by atoms with van der Waals surface area (Å²) in [7, 11) is 1.61. The molecule has 2 aromatic heterocycles. The van der Waals surface area contributed by atoms with E-state index in [-0.39, 0.29) is 5.76 Å². The number of fused-ring (bicyclic) bond motifs is 1. The number of H-pyrrole nitrogens is 1. The Bertz CT molecular complexity index is 1290. The number of methoxy groups -OCH3 is 1. The average Bonchev–Trinajstić information content (AvgIpc) is 3.22. The van der Waals surface area contributed by atoms with E-state index >= 15 is 4.39 Å². The minimum absolute atomic E-state index is 0.183. The Morgan fingerprint density at radius 1 is 1.14 bits per heavy atom. The summed E-state index contributed by atoms with van der Waals surface area (Å²) in [6.07, 6.45) is 5.04. The number of ether oxygens (including phenoxy) is 4. The van der Waals surface area contributed by atoms with Gasteiger partial charge in [0.25, 0.3) is 0 Å². The molecule has 0 radical (unpaired) electrons. The van der Waals surface area contributed by atoms with Crippen molar-refractivity contribution in [1.29, 1.82) is 0 Å². The number of piperidine rings is 1. The molecule has 0 amide bonds. The van der Waals surface area contributed by atoms with E-state index in [4.69, 9.17) is 18.9 Å². The highest BCUT2D eigenvalue weighted by atomic mass is 19.1. The second-order valence-corrected chi connectivity index (χ2v) is 10.3. The summed E-state index contributed by atoms with van der Waals surface area (Å²) in [5.41, 5.74) is 3.32. The first-order valence-electron chi connectivity index (χ1n) is 13.0. The van der Waals surface area contributed by atoms with Crippen LogP contribution in [0.2, 0.25) is 0 Å². The van der Waals surface area contributed by atoms with Gasteiger partial charge in [-0.15, -0.1) is 0 Å². The molecule has 3 aromatic rings. The fourth-order valence-electron chi connectivity index (χ4n) is 5.24. The first-order valence-corrected chi connectivity index (χ1v) is 13.0. The van der Waals surface area contributed by atoms with Gasteiger partial charge in [0.05, 0.1) is 32.4 Å². The van der Waals surface area contributed by atoms with Gasteiger partial charge in [-0.25, -0.2) is 4.39 Å². The van der Waals surface area contributed by atoms with Crippen molar-refractivity contribution < 1.29 is 23.3 Å². The van der Waals surface area contributed by atoms with Crippen LogP contribution in [0, 0.1) is 19.3 Å². The molecule has 2 saturated heterocycles. The molecule has 37 heavy (non-hydrogen) atoms. The summed E-state index contributed by atoms with van der Waals surface area (Å²) in [5, 5.41) is 0.725. The van der Waals surface area contributed by atoms with Crippen molar-refractivity contribution >= 4 is 16.7 Å². The molecular formula is C29H36FN3O4. The summed E-state index contributed by atoms with van der Waals surface area (Å²) in [6.45, 7) is 11.1. The van der Waals surface area contributed by atoms with Gasteiger partial charge in [-0.3, -0.25) is 4.98 Å². The van der Waals surface area contributed by atoms with Gasteiger partial charge in [-0.05, 0) is 71.3 Å². The first-order chi connectivity index (χ1) is 17.9. The van der Waals surface area contributed by atoms with Crippen LogP contribution in [0.15, 0.2) is 36.2 Å². The molecule has 0 aliphatic carbocycles. The highest BCUT2D eigenvalue weighted by Gasteiger charge is 2.40. The second kappa shape index (κ2) is 10.7. The van der Waals surface area contributed by atoms with Gasteiger partial charge in [-0.2, -0.15) is 0 Å². The Labute approximate surface area is 217 Å². The van der Waals surface area contributed by atoms with Crippen LogP contribution in [0.1, 0.15) is 43.1 Å². The Balaban J connectivity index is 1.25. The molecular weight excluding hydrogens is 473 g/mol. The molecule has 8 heteroatoms. The van der Waals surface area contributed by atoms with Gasteiger partial charge in [0.2, 0.25) is 0 Å². The lowest BCUT2D eigenvalue weighted by molar-refractivity contribution is -0.139. The Kier molecular flexibility index (Phi) is 7.40. The monoisotopic (exact) mass is 509 g/mol. The van der Waals surface area contributed by atoms with Crippen molar-refractivity contribution in [3.8, 4) is 17.2 Å². The molecule has 2 aliphatic rings. The van der Waals surface area contributed by atoms with Crippen molar-refractivity contribution in [3.05, 3.63) is 53.2 Å². The van der Waals surface area contributed by atoms with Gasteiger partial charge in [0.1, 0.15) is 11.5 Å². The largest absolute Gasteiger partial charge is 0.493 e. The fourth-order valence-corrected chi connectivity index (χ4v) is 5.24. The molecule has 1 spiro atoms. The number of allylic oxidation sites excluding steroid dienone is 1. The minimum atomic E-state index is -0.399. The number of aromatic amines is 1. The molecule has 0 bridgehead atoms. The standard InChI is InChI=1S/C29H36FN3O4/c1-19-14-22(20(2)32-19)28(30)21(3)37-25-6-9-31-24-16-27(26(34-4)15-23(24)25)36-13-5-10-33-11-7-29(8-12-33)17-35-18-29/h6,9,14-16,32H,5,7-8,10-13,17-18H2,1-4H3. The smallest absolute Gasteiger partial charge is 0.170 e. The molecule has 4 heterocycles. The highest BCUT2D eigenvalue weighted by Crippen LogP contribution is 2.39.